The van der Waals surface area contributed by atoms with Crippen LogP contribution < -0.4 is 0 Å². The van der Waals surface area contributed by atoms with Crippen LogP contribution in [0.15, 0.2) is 48.6 Å². The largest absolute Gasteiger partial charge is 0.462 e. The quantitative estimate of drug-likeness (QED) is 0.144. The standard InChI is InChI=1S/C31H43NO2/c1-2-3-7-10-25-12-16-27(17-13-25)28-20-22-30(23-21-28)34-31(33)29-18-14-26(15-19-29)11-8-5-4-6-9-24-32/h4-6,9,12-13,16-17,26,28-30H,2-3,7-8,10-11,14-15,18-23H2,1H3. The Morgan fingerprint density at radius 3 is 2.41 bits per heavy atom. The van der Waals surface area contributed by atoms with Crippen LogP contribution in [-0.4, -0.2) is 12.1 Å². The number of hydrogen-bond acceptors (Lipinski definition) is 3. The van der Waals surface area contributed by atoms with Crippen LogP contribution in [0.4, 0.5) is 0 Å². The Bertz CT molecular complexity index is 816. The highest BCUT2D eigenvalue weighted by molar-refractivity contribution is 5.72. The Balaban J connectivity index is 1.32. The number of hydrogen-bond donors (Lipinski definition) is 0. The molecule has 0 radical (unpaired) electrons. The van der Waals surface area contributed by atoms with E-state index in [9.17, 15) is 4.79 Å². The number of allylic oxidation sites excluding steroid dienone is 4. The molecule has 0 aromatic heterocycles. The van der Waals surface area contributed by atoms with Gasteiger partial charge < -0.3 is 4.74 Å². The summed E-state index contributed by atoms with van der Waals surface area (Å²) in [6, 6.07) is 11.3. The summed E-state index contributed by atoms with van der Waals surface area (Å²) >= 11 is 0. The maximum atomic E-state index is 12.8. The molecule has 0 atom stereocenters. The lowest BCUT2D eigenvalue weighted by Gasteiger charge is -2.31. The first-order valence-electron chi connectivity index (χ1n) is 13.7. The first kappa shape index (κ1) is 26.3. The molecule has 1 aromatic rings. The molecular formula is C31H43NO2. The van der Waals surface area contributed by atoms with Crippen LogP contribution in [0.25, 0.3) is 0 Å². The summed E-state index contributed by atoms with van der Waals surface area (Å²) in [5, 5.41) is 8.49. The number of rotatable bonds is 11. The predicted molar refractivity (Wildman–Crippen MR) is 139 cm³/mol. The van der Waals surface area contributed by atoms with Gasteiger partial charge in [-0.2, -0.15) is 5.26 Å². The van der Waals surface area contributed by atoms with Gasteiger partial charge >= 0.3 is 5.97 Å². The fourth-order valence-electron chi connectivity index (χ4n) is 5.60. The van der Waals surface area contributed by atoms with Crippen molar-refractivity contribution in [1.82, 2.24) is 0 Å². The minimum atomic E-state index is 0.0554. The number of unbranched alkanes of at least 4 members (excludes halogenated alkanes) is 2. The van der Waals surface area contributed by atoms with E-state index < -0.39 is 0 Å². The molecule has 1 aromatic carbocycles. The van der Waals surface area contributed by atoms with Crippen molar-refractivity contribution in [2.45, 2.75) is 109 Å². The first-order chi connectivity index (χ1) is 16.7. The molecule has 0 saturated heterocycles. The van der Waals surface area contributed by atoms with Gasteiger partial charge in [0, 0.05) is 6.08 Å². The highest BCUT2D eigenvalue weighted by atomic mass is 16.5. The second-order valence-electron chi connectivity index (χ2n) is 10.3. The molecule has 2 saturated carbocycles. The van der Waals surface area contributed by atoms with E-state index in [1.54, 1.807) is 6.08 Å². The van der Waals surface area contributed by atoms with Gasteiger partial charge in [0.05, 0.1) is 12.0 Å². The van der Waals surface area contributed by atoms with Crippen LogP contribution in [-0.2, 0) is 16.0 Å². The predicted octanol–water partition coefficient (Wildman–Crippen LogP) is 8.21. The molecule has 3 heteroatoms. The summed E-state index contributed by atoms with van der Waals surface area (Å²) in [5.41, 5.74) is 2.91. The van der Waals surface area contributed by atoms with Gasteiger partial charge in [-0.25, -0.2) is 0 Å². The number of nitrogens with zero attached hydrogens (tertiary/aromatic N) is 1. The van der Waals surface area contributed by atoms with E-state index in [1.807, 2.05) is 12.1 Å². The summed E-state index contributed by atoms with van der Waals surface area (Å²) in [5.74, 6) is 1.48. The normalized spacial score (nSPS) is 25.4. The molecule has 2 fully saturated rings. The summed E-state index contributed by atoms with van der Waals surface area (Å²) in [6.07, 6.45) is 23.2. The van der Waals surface area contributed by atoms with Crippen LogP contribution >= 0.6 is 0 Å². The fraction of sp³-hybridized carbons (Fsp3) is 0.613. The third-order valence-corrected chi connectivity index (χ3v) is 7.82. The van der Waals surface area contributed by atoms with E-state index in [0.29, 0.717) is 11.8 Å². The number of nitriles is 1. The third-order valence-electron chi connectivity index (χ3n) is 7.82. The molecule has 0 N–H and O–H groups in total. The van der Waals surface area contributed by atoms with Crippen molar-refractivity contribution in [3.63, 3.8) is 0 Å². The zero-order valence-corrected chi connectivity index (χ0v) is 21.1. The summed E-state index contributed by atoms with van der Waals surface area (Å²) in [6.45, 7) is 2.25. The van der Waals surface area contributed by atoms with Crippen LogP contribution in [0.1, 0.15) is 107 Å². The molecule has 0 bridgehead atoms. The van der Waals surface area contributed by atoms with Crippen molar-refractivity contribution < 1.29 is 9.53 Å². The van der Waals surface area contributed by atoms with E-state index in [4.69, 9.17) is 10.00 Å². The maximum Gasteiger partial charge on any atom is 0.309 e. The van der Waals surface area contributed by atoms with Gasteiger partial charge in [0.1, 0.15) is 6.10 Å². The molecule has 3 nitrogen and oxygen atoms in total. The smallest absolute Gasteiger partial charge is 0.309 e. The highest BCUT2D eigenvalue weighted by Crippen LogP contribution is 2.36. The van der Waals surface area contributed by atoms with Crippen molar-refractivity contribution in [2.75, 3.05) is 0 Å². The average molecular weight is 462 g/mol. The highest BCUT2D eigenvalue weighted by Gasteiger charge is 2.30. The van der Waals surface area contributed by atoms with Crippen molar-refractivity contribution in [3.05, 3.63) is 59.7 Å². The van der Waals surface area contributed by atoms with Crippen molar-refractivity contribution >= 4 is 5.97 Å². The third kappa shape index (κ3) is 8.79. The molecular weight excluding hydrogens is 418 g/mol. The zero-order chi connectivity index (χ0) is 24.0. The number of carbonyl (C=O) groups excluding carboxylic acids is 1. The molecule has 2 aliphatic rings. The monoisotopic (exact) mass is 461 g/mol. The van der Waals surface area contributed by atoms with Crippen molar-refractivity contribution in [1.29, 1.82) is 5.26 Å². The van der Waals surface area contributed by atoms with E-state index in [-0.39, 0.29) is 18.0 Å². The molecule has 0 spiro atoms. The molecule has 0 amide bonds. The Morgan fingerprint density at radius 2 is 1.74 bits per heavy atom. The van der Waals surface area contributed by atoms with Crippen LogP contribution in [0, 0.1) is 23.2 Å². The lowest BCUT2D eigenvalue weighted by Crippen LogP contribution is -2.29. The molecule has 34 heavy (non-hydrogen) atoms. The van der Waals surface area contributed by atoms with E-state index >= 15 is 0 Å². The van der Waals surface area contributed by atoms with Gasteiger partial charge in [0.15, 0.2) is 0 Å². The molecule has 184 valence electrons. The SMILES string of the molecule is CCCCCc1ccc(C2CCC(OC(=O)C3CCC(CCC=CC=CC#N)CC3)CC2)cc1. The summed E-state index contributed by atoms with van der Waals surface area (Å²) < 4.78 is 5.98. The van der Waals surface area contributed by atoms with E-state index in [0.717, 1.165) is 57.8 Å². The lowest BCUT2D eigenvalue weighted by molar-refractivity contribution is -0.157. The maximum absolute atomic E-state index is 12.8. The molecule has 0 unspecified atom stereocenters. The Kier molecular flexibility index (Phi) is 11.5. The molecule has 0 heterocycles. The second kappa shape index (κ2) is 14.8. The fourth-order valence-corrected chi connectivity index (χ4v) is 5.60. The Hall–Kier alpha value is -2.34. The van der Waals surface area contributed by atoms with E-state index in [1.165, 1.54) is 49.3 Å². The molecule has 0 aliphatic heterocycles. The molecule has 2 aliphatic carbocycles. The van der Waals surface area contributed by atoms with Gasteiger partial charge in [0.25, 0.3) is 0 Å². The van der Waals surface area contributed by atoms with Crippen molar-refractivity contribution in [3.8, 4) is 6.07 Å². The van der Waals surface area contributed by atoms with Gasteiger partial charge in [-0.05, 0) is 100 Å². The lowest BCUT2D eigenvalue weighted by atomic mass is 9.79. The zero-order valence-electron chi connectivity index (χ0n) is 21.1. The van der Waals surface area contributed by atoms with Gasteiger partial charge in [-0.15, -0.1) is 0 Å². The number of carbonyl (C=O) groups is 1. The number of benzene rings is 1. The number of esters is 1. The molecule has 3 rings (SSSR count). The minimum Gasteiger partial charge on any atom is -0.462 e. The van der Waals surface area contributed by atoms with Crippen LogP contribution in [0.2, 0.25) is 0 Å². The van der Waals surface area contributed by atoms with Gasteiger partial charge in [-0.1, -0.05) is 62.3 Å². The van der Waals surface area contributed by atoms with Gasteiger partial charge in [-0.3, -0.25) is 4.79 Å². The van der Waals surface area contributed by atoms with Gasteiger partial charge in [0.2, 0.25) is 0 Å². The number of aryl methyl sites for hydroxylation is 1. The minimum absolute atomic E-state index is 0.0554. The average Bonchev–Trinajstić information content (AvgIpc) is 2.87. The van der Waals surface area contributed by atoms with Crippen LogP contribution in [0.5, 0.6) is 0 Å². The number of ether oxygens (including phenoxy) is 1. The topological polar surface area (TPSA) is 50.1 Å². The van der Waals surface area contributed by atoms with Crippen molar-refractivity contribution in [2.24, 2.45) is 11.8 Å². The second-order valence-corrected chi connectivity index (χ2v) is 10.3. The van der Waals surface area contributed by atoms with Crippen LogP contribution in [0.3, 0.4) is 0 Å². The Morgan fingerprint density at radius 1 is 1.00 bits per heavy atom. The summed E-state index contributed by atoms with van der Waals surface area (Å²) in [7, 11) is 0. The Labute approximate surface area is 207 Å². The first-order valence-corrected chi connectivity index (χ1v) is 13.7. The van der Waals surface area contributed by atoms with E-state index in [2.05, 4.69) is 37.3 Å². The summed E-state index contributed by atoms with van der Waals surface area (Å²) in [4.78, 5) is 12.8.